The first-order valence-corrected chi connectivity index (χ1v) is 7.26. The summed E-state index contributed by atoms with van der Waals surface area (Å²) >= 11 is 1.74. The molecule has 0 radical (unpaired) electrons. The van der Waals surface area contributed by atoms with E-state index in [0.717, 1.165) is 11.3 Å². The van der Waals surface area contributed by atoms with Gasteiger partial charge in [0.1, 0.15) is 0 Å². The Bertz CT molecular complexity index is 579. The first-order valence-electron chi connectivity index (χ1n) is 6.28. The second-order valence-electron chi connectivity index (χ2n) is 4.32. The van der Waals surface area contributed by atoms with Crippen LogP contribution in [-0.2, 0) is 0 Å². The molecule has 1 nitrogen and oxygen atoms in total. The Kier molecular flexibility index (Phi) is 5.09. The van der Waals surface area contributed by atoms with Crippen LogP contribution in [0.5, 0.6) is 0 Å². The smallest absolute Gasteiger partial charge is 0.0598 e. The molecule has 0 saturated heterocycles. The van der Waals surface area contributed by atoms with Crippen LogP contribution in [0.3, 0.4) is 0 Å². The van der Waals surface area contributed by atoms with Crippen molar-refractivity contribution in [3.8, 4) is 11.8 Å². The molecule has 0 aliphatic rings. The summed E-state index contributed by atoms with van der Waals surface area (Å²) in [7, 11) is 0. The van der Waals surface area contributed by atoms with Crippen molar-refractivity contribution in [2.75, 3.05) is 5.75 Å². The van der Waals surface area contributed by atoms with Gasteiger partial charge in [-0.1, -0.05) is 42.2 Å². The van der Waals surface area contributed by atoms with E-state index >= 15 is 0 Å². The van der Waals surface area contributed by atoms with Crippen molar-refractivity contribution in [3.63, 3.8) is 0 Å². The summed E-state index contributed by atoms with van der Waals surface area (Å²) in [6.45, 7) is 2.00. The fourth-order valence-electron chi connectivity index (χ4n) is 1.67. The minimum Gasteiger partial charge on any atom is -0.324 e. The van der Waals surface area contributed by atoms with E-state index in [9.17, 15) is 0 Å². The average molecular weight is 267 g/mol. The van der Waals surface area contributed by atoms with Crippen molar-refractivity contribution in [2.24, 2.45) is 5.73 Å². The van der Waals surface area contributed by atoms with Crippen molar-refractivity contribution < 1.29 is 0 Å². The van der Waals surface area contributed by atoms with E-state index in [1.54, 1.807) is 11.8 Å². The summed E-state index contributed by atoms with van der Waals surface area (Å²) in [5, 5.41) is 0. The second kappa shape index (κ2) is 7.04. The van der Waals surface area contributed by atoms with E-state index in [4.69, 9.17) is 5.73 Å². The molecule has 0 amide bonds. The van der Waals surface area contributed by atoms with Crippen LogP contribution in [-0.4, -0.2) is 5.75 Å². The minimum atomic E-state index is 0.0796. The van der Waals surface area contributed by atoms with E-state index in [1.807, 2.05) is 43.3 Å². The molecule has 2 aromatic rings. The van der Waals surface area contributed by atoms with E-state index in [-0.39, 0.29) is 6.04 Å². The van der Waals surface area contributed by atoms with Crippen LogP contribution < -0.4 is 5.73 Å². The van der Waals surface area contributed by atoms with Gasteiger partial charge in [-0.15, -0.1) is 11.8 Å². The quantitative estimate of drug-likeness (QED) is 0.675. The normalized spacial score (nSPS) is 11.5. The molecule has 2 N–H and O–H groups in total. The lowest BCUT2D eigenvalue weighted by Gasteiger charge is -2.06. The maximum absolute atomic E-state index is 5.88. The van der Waals surface area contributed by atoms with Crippen molar-refractivity contribution in [1.29, 1.82) is 0 Å². The van der Waals surface area contributed by atoms with Crippen LogP contribution in [0.2, 0.25) is 0 Å². The Hall–Kier alpha value is -1.69. The molecule has 0 aliphatic heterocycles. The summed E-state index contributed by atoms with van der Waals surface area (Å²) in [5.41, 5.74) is 8.11. The zero-order chi connectivity index (χ0) is 13.5. The maximum atomic E-state index is 5.88. The molecule has 96 valence electrons. The summed E-state index contributed by atoms with van der Waals surface area (Å²) < 4.78 is 0. The van der Waals surface area contributed by atoms with Crippen LogP contribution in [0.4, 0.5) is 0 Å². The van der Waals surface area contributed by atoms with Crippen LogP contribution in [0, 0.1) is 11.8 Å². The molecule has 0 bridgehead atoms. The molecular formula is C17H17NS. The monoisotopic (exact) mass is 267 g/mol. The molecule has 2 rings (SSSR count). The third-order valence-corrected chi connectivity index (χ3v) is 3.58. The van der Waals surface area contributed by atoms with Gasteiger partial charge in [-0.3, -0.25) is 0 Å². The lowest BCUT2D eigenvalue weighted by Crippen LogP contribution is -2.04. The minimum absolute atomic E-state index is 0.0796. The van der Waals surface area contributed by atoms with E-state index in [2.05, 4.69) is 30.0 Å². The Morgan fingerprint density at radius 2 is 1.89 bits per heavy atom. The predicted octanol–water partition coefficient (Wildman–Crippen LogP) is 3.85. The SMILES string of the molecule is CC(N)c1cccc(SCC#Cc2ccccc2)c1. The van der Waals surface area contributed by atoms with Crippen LogP contribution in [0.1, 0.15) is 24.1 Å². The number of benzene rings is 2. The Balaban J connectivity index is 1.93. The average Bonchev–Trinajstić information content (AvgIpc) is 2.45. The number of rotatable bonds is 3. The van der Waals surface area contributed by atoms with Gasteiger partial charge in [0.15, 0.2) is 0 Å². The van der Waals surface area contributed by atoms with Gasteiger partial charge in [0.05, 0.1) is 5.75 Å². The summed E-state index contributed by atoms with van der Waals surface area (Å²) in [4.78, 5) is 1.22. The highest BCUT2D eigenvalue weighted by atomic mass is 32.2. The largest absolute Gasteiger partial charge is 0.324 e. The lowest BCUT2D eigenvalue weighted by molar-refractivity contribution is 0.815. The first kappa shape index (κ1) is 13.7. The molecule has 0 spiro atoms. The van der Waals surface area contributed by atoms with Gasteiger partial charge in [0.2, 0.25) is 0 Å². The van der Waals surface area contributed by atoms with Gasteiger partial charge in [-0.25, -0.2) is 0 Å². The van der Waals surface area contributed by atoms with Crippen molar-refractivity contribution in [3.05, 3.63) is 65.7 Å². The van der Waals surface area contributed by atoms with Crippen LogP contribution >= 0.6 is 11.8 Å². The molecule has 0 saturated carbocycles. The Labute approximate surface area is 119 Å². The molecule has 1 atom stereocenters. The summed E-state index contributed by atoms with van der Waals surface area (Å²) in [6, 6.07) is 18.5. The standard InChI is InChI=1S/C17H17NS/c1-14(18)16-10-5-11-17(13-16)19-12-6-9-15-7-3-2-4-8-15/h2-5,7-8,10-11,13-14H,12,18H2,1H3. The molecule has 0 aliphatic carbocycles. The first-order chi connectivity index (χ1) is 9.25. The number of hydrogen-bond donors (Lipinski definition) is 1. The second-order valence-corrected chi connectivity index (χ2v) is 5.37. The molecule has 0 fully saturated rings. The van der Waals surface area contributed by atoms with E-state index in [0.29, 0.717) is 0 Å². The molecule has 1 unspecified atom stereocenters. The topological polar surface area (TPSA) is 26.0 Å². The molecular weight excluding hydrogens is 250 g/mol. The summed E-state index contributed by atoms with van der Waals surface area (Å²) in [5.74, 6) is 7.13. The number of hydrogen-bond acceptors (Lipinski definition) is 2. The van der Waals surface area contributed by atoms with Gasteiger partial charge in [-0.05, 0) is 36.8 Å². The van der Waals surface area contributed by atoms with Gasteiger partial charge in [-0.2, -0.15) is 0 Å². The Morgan fingerprint density at radius 1 is 1.11 bits per heavy atom. The molecule has 2 heteroatoms. The molecule has 2 aromatic carbocycles. The van der Waals surface area contributed by atoms with Gasteiger partial charge >= 0.3 is 0 Å². The predicted molar refractivity (Wildman–Crippen MR) is 83.1 cm³/mol. The van der Waals surface area contributed by atoms with Gasteiger partial charge in [0, 0.05) is 16.5 Å². The highest BCUT2D eigenvalue weighted by Gasteiger charge is 2.00. The fourth-order valence-corrected chi connectivity index (χ4v) is 2.37. The Morgan fingerprint density at radius 3 is 2.63 bits per heavy atom. The van der Waals surface area contributed by atoms with Gasteiger partial charge in [0.25, 0.3) is 0 Å². The fraction of sp³-hybridized carbons (Fsp3) is 0.176. The third kappa shape index (κ3) is 4.48. The highest BCUT2D eigenvalue weighted by molar-refractivity contribution is 7.99. The zero-order valence-corrected chi connectivity index (χ0v) is 11.8. The molecule has 0 aromatic heterocycles. The van der Waals surface area contributed by atoms with Crippen LogP contribution in [0.25, 0.3) is 0 Å². The zero-order valence-electron chi connectivity index (χ0n) is 11.0. The van der Waals surface area contributed by atoms with Crippen molar-refractivity contribution in [2.45, 2.75) is 17.9 Å². The maximum Gasteiger partial charge on any atom is 0.0598 e. The highest BCUT2D eigenvalue weighted by Crippen LogP contribution is 2.21. The number of nitrogens with two attached hydrogens (primary N) is 1. The third-order valence-electron chi connectivity index (χ3n) is 2.70. The molecule has 19 heavy (non-hydrogen) atoms. The van der Waals surface area contributed by atoms with Crippen LogP contribution in [0.15, 0.2) is 59.5 Å². The van der Waals surface area contributed by atoms with E-state index < -0.39 is 0 Å². The lowest BCUT2D eigenvalue weighted by atomic mass is 10.1. The number of thioether (sulfide) groups is 1. The van der Waals surface area contributed by atoms with Gasteiger partial charge < -0.3 is 5.73 Å². The summed E-state index contributed by atoms with van der Waals surface area (Å²) in [6.07, 6.45) is 0. The van der Waals surface area contributed by atoms with Crippen molar-refractivity contribution >= 4 is 11.8 Å². The van der Waals surface area contributed by atoms with Crippen molar-refractivity contribution in [1.82, 2.24) is 0 Å². The molecule has 0 heterocycles. The van der Waals surface area contributed by atoms with E-state index in [1.165, 1.54) is 10.5 Å².